The number of fused-ring (bicyclic) bond motifs is 1. The molecule has 0 saturated heterocycles. The van der Waals surface area contributed by atoms with E-state index in [9.17, 15) is 9.59 Å². The Bertz CT molecular complexity index is 1140. The average Bonchev–Trinajstić information content (AvgIpc) is 3.53. The molecule has 0 bridgehead atoms. The van der Waals surface area contributed by atoms with E-state index in [2.05, 4.69) is 5.32 Å². The summed E-state index contributed by atoms with van der Waals surface area (Å²) in [6, 6.07) is 17.3. The quantitative estimate of drug-likeness (QED) is 0.520. The minimum Gasteiger partial charge on any atom is -0.486 e. The molecule has 1 N–H and O–H groups in total. The topological polar surface area (TPSA) is 81.0 Å². The number of ether oxygens (including phenoxy) is 2. The molecule has 1 aromatic heterocycles. The number of carbonyl (C=O) groups excluding carboxylic acids is 2. The highest BCUT2D eigenvalue weighted by molar-refractivity contribution is 5.94. The number of hydrogen-bond donors (Lipinski definition) is 1. The normalized spacial score (nSPS) is 14.5. The Morgan fingerprint density at radius 2 is 1.68 bits per heavy atom. The summed E-state index contributed by atoms with van der Waals surface area (Å²) in [4.78, 5) is 27.2. The molecule has 1 aliphatic heterocycles. The molecule has 1 saturated carbocycles. The predicted molar refractivity (Wildman–Crippen MR) is 126 cm³/mol. The lowest BCUT2D eigenvalue weighted by atomic mass is 10.1. The molecule has 1 fully saturated rings. The average molecular weight is 461 g/mol. The van der Waals surface area contributed by atoms with E-state index < -0.39 is 0 Å². The van der Waals surface area contributed by atoms with Gasteiger partial charge < -0.3 is 24.1 Å². The fourth-order valence-electron chi connectivity index (χ4n) is 3.95. The first-order valence-electron chi connectivity index (χ1n) is 11.7. The molecule has 0 spiro atoms. The zero-order valence-corrected chi connectivity index (χ0v) is 19.0. The van der Waals surface area contributed by atoms with Gasteiger partial charge in [-0.15, -0.1) is 0 Å². The second kappa shape index (κ2) is 10.0. The molecule has 2 aliphatic rings. The van der Waals surface area contributed by atoms with Crippen molar-refractivity contribution in [1.82, 2.24) is 10.2 Å². The third-order valence-electron chi connectivity index (χ3n) is 6.02. The van der Waals surface area contributed by atoms with Crippen LogP contribution in [-0.4, -0.2) is 36.0 Å². The first kappa shape index (κ1) is 22.1. The lowest BCUT2D eigenvalue weighted by molar-refractivity contribution is -0.132. The predicted octanol–water partition coefficient (Wildman–Crippen LogP) is 4.10. The van der Waals surface area contributed by atoms with Gasteiger partial charge in [-0.2, -0.15) is 0 Å². The van der Waals surface area contributed by atoms with E-state index in [1.807, 2.05) is 54.6 Å². The number of furan rings is 1. The molecule has 1 aliphatic carbocycles. The number of rotatable bonds is 9. The van der Waals surface area contributed by atoms with Crippen LogP contribution in [0.5, 0.6) is 11.5 Å². The number of amides is 2. The Morgan fingerprint density at radius 1 is 0.912 bits per heavy atom. The van der Waals surface area contributed by atoms with Gasteiger partial charge >= 0.3 is 0 Å². The minimum atomic E-state index is -0.0444. The van der Waals surface area contributed by atoms with Gasteiger partial charge in [0, 0.05) is 24.6 Å². The van der Waals surface area contributed by atoms with Crippen LogP contribution in [0.1, 0.15) is 46.5 Å². The van der Waals surface area contributed by atoms with Crippen LogP contribution in [0, 0.1) is 0 Å². The summed E-state index contributed by atoms with van der Waals surface area (Å²) < 4.78 is 16.7. The number of nitrogens with zero attached hydrogens (tertiary/aromatic N) is 1. The molecule has 0 atom stereocenters. The number of benzene rings is 2. The molecule has 7 nitrogen and oxygen atoms in total. The Labute approximate surface area is 198 Å². The van der Waals surface area contributed by atoms with Crippen molar-refractivity contribution in [2.75, 3.05) is 13.2 Å². The van der Waals surface area contributed by atoms with Crippen LogP contribution >= 0.6 is 0 Å². The van der Waals surface area contributed by atoms with Gasteiger partial charge in [0.1, 0.15) is 19.0 Å². The van der Waals surface area contributed by atoms with E-state index in [0.717, 1.165) is 41.2 Å². The highest BCUT2D eigenvalue weighted by atomic mass is 16.6. The SMILES string of the molecule is O=C(NC1CC1)c1ccc(CN(Cc2ccco2)C(=O)CCc2ccc3c(c2)OCCO3)cc1. The maximum absolute atomic E-state index is 13.2. The molecule has 0 unspecified atom stereocenters. The highest BCUT2D eigenvalue weighted by Crippen LogP contribution is 2.31. The largest absolute Gasteiger partial charge is 0.486 e. The van der Waals surface area contributed by atoms with E-state index in [1.54, 1.807) is 11.2 Å². The number of nitrogens with one attached hydrogen (secondary N) is 1. The monoisotopic (exact) mass is 460 g/mol. The van der Waals surface area contributed by atoms with E-state index in [0.29, 0.717) is 50.8 Å². The molecular weight excluding hydrogens is 432 g/mol. The van der Waals surface area contributed by atoms with E-state index >= 15 is 0 Å². The van der Waals surface area contributed by atoms with Gasteiger partial charge in [-0.3, -0.25) is 9.59 Å². The second-order valence-electron chi connectivity index (χ2n) is 8.75. The zero-order chi connectivity index (χ0) is 23.3. The fourth-order valence-corrected chi connectivity index (χ4v) is 3.95. The fraction of sp³-hybridized carbons (Fsp3) is 0.333. The van der Waals surface area contributed by atoms with Crippen LogP contribution in [0.3, 0.4) is 0 Å². The smallest absolute Gasteiger partial charge is 0.251 e. The molecule has 5 rings (SSSR count). The van der Waals surface area contributed by atoms with Gasteiger partial charge in [0.15, 0.2) is 11.5 Å². The summed E-state index contributed by atoms with van der Waals surface area (Å²) >= 11 is 0. The van der Waals surface area contributed by atoms with Crippen molar-refractivity contribution >= 4 is 11.8 Å². The molecule has 3 aromatic rings. The molecule has 2 amide bonds. The summed E-state index contributed by atoms with van der Waals surface area (Å²) in [5.74, 6) is 2.19. The Balaban J connectivity index is 1.23. The Kier molecular flexibility index (Phi) is 6.51. The summed E-state index contributed by atoms with van der Waals surface area (Å²) in [6.45, 7) is 1.91. The van der Waals surface area contributed by atoms with Gasteiger partial charge in [0.2, 0.25) is 5.91 Å². The molecule has 176 valence electrons. The van der Waals surface area contributed by atoms with Crippen LogP contribution in [0.25, 0.3) is 0 Å². The van der Waals surface area contributed by atoms with Crippen molar-refractivity contribution in [2.24, 2.45) is 0 Å². The highest BCUT2D eigenvalue weighted by Gasteiger charge is 2.24. The molecule has 7 heteroatoms. The number of hydrogen-bond acceptors (Lipinski definition) is 5. The molecule has 2 aromatic carbocycles. The second-order valence-corrected chi connectivity index (χ2v) is 8.75. The van der Waals surface area contributed by atoms with Gasteiger partial charge in [0.25, 0.3) is 5.91 Å². The van der Waals surface area contributed by atoms with Crippen molar-refractivity contribution < 1.29 is 23.5 Å². The molecule has 2 heterocycles. The van der Waals surface area contributed by atoms with Crippen molar-refractivity contribution in [3.05, 3.63) is 83.3 Å². The lowest BCUT2D eigenvalue weighted by Crippen LogP contribution is -2.30. The summed E-state index contributed by atoms with van der Waals surface area (Å²) in [7, 11) is 0. The maximum atomic E-state index is 13.2. The van der Waals surface area contributed by atoms with Gasteiger partial charge in [0.05, 0.1) is 12.8 Å². The van der Waals surface area contributed by atoms with Crippen LogP contribution in [0.15, 0.2) is 65.3 Å². The lowest BCUT2D eigenvalue weighted by Gasteiger charge is -2.22. The zero-order valence-electron chi connectivity index (χ0n) is 19.0. The summed E-state index contributed by atoms with van der Waals surface area (Å²) in [5, 5.41) is 3.00. The Morgan fingerprint density at radius 3 is 2.41 bits per heavy atom. The Hall–Kier alpha value is -3.74. The van der Waals surface area contributed by atoms with Crippen molar-refractivity contribution in [3.8, 4) is 11.5 Å². The maximum Gasteiger partial charge on any atom is 0.251 e. The third-order valence-corrected chi connectivity index (χ3v) is 6.02. The van der Waals surface area contributed by atoms with Gasteiger partial charge in [-0.1, -0.05) is 18.2 Å². The summed E-state index contributed by atoms with van der Waals surface area (Å²) in [5.41, 5.74) is 2.63. The molecule has 0 radical (unpaired) electrons. The van der Waals surface area contributed by atoms with Crippen LogP contribution < -0.4 is 14.8 Å². The van der Waals surface area contributed by atoms with Crippen molar-refractivity contribution in [2.45, 2.75) is 44.8 Å². The van der Waals surface area contributed by atoms with Crippen LogP contribution in [0.2, 0.25) is 0 Å². The van der Waals surface area contributed by atoms with E-state index in [1.165, 1.54) is 0 Å². The van der Waals surface area contributed by atoms with E-state index in [4.69, 9.17) is 13.9 Å². The van der Waals surface area contributed by atoms with E-state index in [-0.39, 0.29) is 11.8 Å². The van der Waals surface area contributed by atoms with Crippen molar-refractivity contribution in [3.63, 3.8) is 0 Å². The third kappa shape index (κ3) is 5.60. The van der Waals surface area contributed by atoms with Gasteiger partial charge in [-0.05, 0) is 66.8 Å². The first-order chi connectivity index (χ1) is 16.6. The van der Waals surface area contributed by atoms with Crippen LogP contribution in [-0.2, 0) is 24.3 Å². The van der Waals surface area contributed by atoms with Gasteiger partial charge in [-0.25, -0.2) is 0 Å². The number of aryl methyl sites for hydroxylation is 1. The standard InChI is InChI=1S/C27H28N2O5/c30-26(12-6-19-5-11-24-25(16-19)34-15-14-33-24)29(18-23-2-1-13-32-23)17-20-3-7-21(8-4-20)27(31)28-22-9-10-22/h1-5,7-8,11,13,16,22H,6,9-10,12,14-15,17-18H2,(H,28,31). The number of carbonyl (C=O) groups is 2. The first-order valence-corrected chi connectivity index (χ1v) is 11.7. The van der Waals surface area contributed by atoms with Crippen LogP contribution in [0.4, 0.5) is 0 Å². The minimum absolute atomic E-state index is 0.0295. The van der Waals surface area contributed by atoms with Crippen molar-refractivity contribution in [1.29, 1.82) is 0 Å². The summed E-state index contributed by atoms with van der Waals surface area (Å²) in [6.07, 6.45) is 4.69. The molecular formula is C27H28N2O5. The molecule has 34 heavy (non-hydrogen) atoms.